The topological polar surface area (TPSA) is 0 Å². The zero-order valence-electron chi connectivity index (χ0n) is 18.1. The van der Waals surface area contributed by atoms with Crippen LogP contribution >= 0.6 is 11.6 Å². The summed E-state index contributed by atoms with van der Waals surface area (Å²) >= 11 is 6.00. The highest BCUT2D eigenvalue weighted by atomic mass is 35.5. The van der Waals surface area contributed by atoms with Gasteiger partial charge in [0.05, 0.1) is 0 Å². The minimum Gasteiger partial charge on any atom is -0.0843 e. The molecule has 3 aromatic carbocycles. The fourth-order valence-electron chi connectivity index (χ4n) is 4.81. The number of benzene rings is 3. The average Bonchev–Trinajstić information content (AvgIpc) is 2.79. The number of rotatable bonds is 7. The van der Waals surface area contributed by atoms with Gasteiger partial charge in [-0.15, -0.1) is 0 Å². The van der Waals surface area contributed by atoms with Crippen LogP contribution in [0.25, 0.3) is 11.1 Å². The minimum absolute atomic E-state index is 0.792. The molecule has 4 rings (SSSR count). The lowest BCUT2D eigenvalue weighted by atomic mass is 9.77. The lowest BCUT2D eigenvalue weighted by molar-refractivity contribution is 0.253. The number of hydrogen-bond acceptors (Lipinski definition) is 0. The van der Waals surface area contributed by atoms with Crippen molar-refractivity contribution in [3.8, 4) is 11.1 Å². The fourth-order valence-corrected chi connectivity index (χ4v) is 4.94. The van der Waals surface area contributed by atoms with Gasteiger partial charge in [-0.1, -0.05) is 104 Å². The van der Waals surface area contributed by atoms with Gasteiger partial charge in [-0.05, 0) is 78.8 Å². The van der Waals surface area contributed by atoms with Gasteiger partial charge in [-0.2, -0.15) is 0 Å². The Kier molecular flexibility index (Phi) is 7.28. The average molecular weight is 417 g/mol. The summed E-state index contributed by atoms with van der Waals surface area (Å²) in [5.41, 5.74) is 6.83. The van der Waals surface area contributed by atoms with Crippen LogP contribution in [0.4, 0.5) is 0 Å². The Morgan fingerprint density at radius 2 is 1.00 bits per heavy atom. The van der Waals surface area contributed by atoms with Gasteiger partial charge in [0.15, 0.2) is 0 Å². The van der Waals surface area contributed by atoms with Gasteiger partial charge in [0.1, 0.15) is 0 Å². The van der Waals surface area contributed by atoms with Gasteiger partial charge in [-0.25, -0.2) is 0 Å². The van der Waals surface area contributed by atoms with Crippen LogP contribution in [0.2, 0.25) is 5.02 Å². The first-order valence-electron chi connectivity index (χ1n) is 11.6. The van der Waals surface area contributed by atoms with E-state index in [-0.39, 0.29) is 0 Å². The Labute approximate surface area is 187 Å². The van der Waals surface area contributed by atoms with E-state index in [1.54, 1.807) is 0 Å². The molecule has 156 valence electrons. The van der Waals surface area contributed by atoms with Gasteiger partial charge in [-0.3, -0.25) is 0 Å². The van der Waals surface area contributed by atoms with E-state index in [2.05, 4.69) is 67.6 Å². The first kappa shape index (κ1) is 21.2. The Bertz CT molecular complexity index is 898. The van der Waals surface area contributed by atoms with Crippen molar-refractivity contribution in [2.45, 2.75) is 58.3 Å². The van der Waals surface area contributed by atoms with Gasteiger partial charge < -0.3 is 0 Å². The molecule has 0 amide bonds. The van der Waals surface area contributed by atoms with Crippen molar-refractivity contribution < 1.29 is 0 Å². The fraction of sp³-hybridized carbons (Fsp3) is 0.379. The highest BCUT2D eigenvalue weighted by Gasteiger charge is 2.20. The molecule has 0 saturated heterocycles. The molecule has 0 atom stereocenters. The molecule has 30 heavy (non-hydrogen) atoms. The summed E-state index contributed by atoms with van der Waals surface area (Å²) in [6, 6.07) is 26.3. The van der Waals surface area contributed by atoms with Crippen molar-refractivity contribution in [1.82, 2.24) is 0 Å². The molecule has 0 unspecified atom stereocenters. The second-order valence-electron chi connectivity index (χ2n) is 9.15. The highest BCUT2D eigenvalue weighted by Crippen LogP contribution is 2.34. The summed E-state index contributed by atoms with van der Waals surface area (Å²) in [7, 11) is 0. The van der Waals surface area contributed by atoms with Crippen LogP contribution in [0.3, 0.4) is 0 Å². The molecule has 0 spiro atoms. The van der Waals surface area contributed by atoms with Gasteiger partial charge in [0, 0.05) is 5.02 Å². The Morgan fingerprint density at radius 1 is 0.600 bits per heavy atom. The van der Waals surface area contributed by atoms with Crippen LogP contribution in [-0.2, 0) is 12.8 Å². The highest BCUT2D eigenvalue weighted by molar-refractivity contribution is 6.30. The number of aryl methyl sites for hydroxylation is 3. The molecule has 0 heterocycles. The molecule has 0 bridgehead atoms. The second-order valence-corrected chi connectivity index (χ2v) is 9.59. The summed E-state index contributed by atoms with van der Waals surface area (Å²) < 4.78 is 0. The molecule has 0 aromatic heterocycles. The van der Waals surface area contributed by atoms with Crippen LogP contribution < -0.4 is 0 Å². The lowest BCUT2D eigenvalue weighted by Crippen LogP contribution is -2.15. The predicted octanol–water partition coefficient (Wildman–Crippen LogP) is 8.69. The standard InChI is InChI=1S/C29H33Cl/c1-22-2-4-23(5-3-22)6-7-24-8-10-25(11-9-24)12-13-26-14-16-27(17-15-26)28-18-20-29(30)21-19-28/h2-5,14-21,24-25H,6-13H2,1H3/t24-,25-. The Balaban J connectivity index is 1.19. The van der Waals surface area contributed by atoms with E-state index in [0.717, 1.165) is 16.9 Å². The van der Waals surface area contributed by atoms with E-state index in [4.69, 9.17) is 11.6 Å². The summed E-state index contributed by atoms with van der Waals surface area (Å²) in [5.74, 6) is 1.85. The first-order chi connectivity index (χ1) is 14.7. The molecule has 0 aliphatic heterocycles. The quantitative estimate of drug-likeness (QED) is 0.361. The van der Waals surface area contributed by atoms with Crippen molar-refractivity contribution in [3.05, 3.63) is 94.5 Å². The van der Waals surface area contributed by atoms with E-state index >= 15 is 0 Å². The normalized spacial score (nSPS) is 19.0. The maximum atomic E-state index is 6.00. The molecular weight excluding hydrogens is 384 g/mol. The van der Waals surface area contributed by atoms with E-state index in [1.165, 1.54) is 79.2 Å². The van der Waals surface area contributed by atoms with Crippen LogP contribution in [0.15, 0.2) is 72.8 Å². The summed E-state index contributed by atoms with van der Waals surface area (Å²) in [6.07, 6.45) is 10.8. The van der Waals surface area contributed by atoms with Crippen molar-refractivity contribution in [1.29, 1.82) is 0 Å². The van der Waals surface area contributed by atoms with Crippen LogP contribution in [0.1, 0.15) is 55.2 Å². The van der Waals surface area contributed by atoms with Gasteiger partial charge in [0.2, 0.25) is 0 Å². The minimum atomic E-state index is 0.792. The number of halogens is 1. The number of hydrogen-bond donors (Lipinski definition) is 0. The molecule has 1 fully saturated rings. The smallest absolute Gasteiger partial charge is 0.0406 e. The van der Waals surface area contributed by atoms with E-state index in [0.29, 0.717) is 0 Å². The zero-order valence-corrected chi connectivity index (χ0v) is 18.9. The molecule has 1 heteroatoms. The van der Waals surface area contributed by atoms with Crippen molar-refractivity contribution >= 4 is 11.6 Å². The summed E-state index contributed by atoms with van der Waals surface area (Å²) in [5, 5.41) is 0.792. The van der Waals surface area contributed by atoms with Crippen molar-refractivity contribution in [3.63, 3.8) is 0 Å². The van der Waals surface area contributed by atoms with Gasteiger partial charge in [0.25, 0.3) is 0 Å². The van der Waals surface area contributed by atoms with E-state index in [1.807, 2.05) is 12.1 Å². The Hall–Kier alpha value is -2.05. The molecule has 0 nitrogen and oxygen atoms in total. The SMILES string of the molecule is Cc1ccc(CC[C@H]2CC[C@H](CCc3ccc(-c4ccc(Cl)cc4)cc3)CC2)cc1. The predicted molar refractivity (Wildman–Crippen MR) is 130 cm³/mol. The molecule has 1 aliphatic carbocycles. The van der Waals surface area contributed by atoms with Gasteiger partial charge >= 0.3 is 0 Å². The molecule has 0 N–H and O–H groups in total. The molecule has 3 aromatic rings. The lowest BCUT2D eigenvalue weighted by Gasteiger charge is -2.28. The van der Waals surface area contributed by atoms with Crippen molar-refractivity contribution in [2.24, 2.45) is 11.8 Å². The third kappa shape index (κ3) is 5.99. The second kappa shape index (κ2) is 10.3. The van der Waals surface area contributed by atoms with Crippen LogP contribution in [0.5, 0.6) is 0 Å². The van der Waals surface area contributed by atoms with Crippen LogP contribution in [0, 0.1) is 18.8 Å². The largest absolute Gasteiger partial charge is 0.0843 e. The van der Waals surface area contributed by atoms with E-state index in [9.17, 15) is 0 Å². The van der Waals surface area contributed by atoms with Crippen molar-refractivity contribution in [2.75, 3.05) is 0 Å². The van der Waals surface area contributed by atoms with Crippen LogP contribution in [-0.4, -0.2) is 0 Å². The maximum Gasteiger partial charge on any atom is 0.0406 e. The summed E-state index contributed by atoms with van der Waals surface area (Å²) in [6.45, 7) is 2.17. The van der Waals surface area contributed by atoms with E-state index < -0.39 is 0 Å². The molecule has 1 aliphatic rings. The first-order valence-corrected chi connectivity index (χ1v) is 11.9. The Morgan fingerprint density at radius 3 is 1.47 bits per heavy atom. The third-order valence-corrected chi connectivity index (χ3v) is 7.15. The zero-order chi connectivity index (χ0) is 20.8. The molecule has 1 saturated carbocycles. The molecule has 0 radical (unpaired) electrons. The molecular formula is C29H33Cl. The monoisotopic (exact) mass is 416 g/mol. The third-order valence-electron chi connectivity index (χ3n) is 6.90. The summed E-state index contributed by atoms with van der Waals surface area (Å²) in [4.78, 5) is 0. The maximum absolute atomic E-state index is 6.00.